The molecule has 0 bridgehead atoms. The summed E-state index contributed by atoms with van der Waals surface area (Å²) >= 11 is 1.66. The second-order valence-electron chi connectivity index (χ2n) is 5.08. The average molecular weight is 309 g/mol. The average Bonchev–Trinajstić information content (AvgIpc) is 2.44. The van der Waals surface area contributed by atoms with Gasteiger partial charge in [-0.05, 0) is 56.5 Å². The van der Waals surface area contributed by atoms with Crippen molar-refractivity contribution in [2.24, 2.45) is 5.73 Å². The molecule has 1 rings (SSSR count). The predicted molar refractivity (Wildman–Crippen MR) is 88.6 cm³/mol. The fourth-order valence-electron chi connectivity index (χ4n) is 1.66. The fourth-order valence-corrected chi connectivity index (χ4v) is 2.15. The van der Waals surface area contributed by atoms with E-state index in [0.717, 1.165) is 5.75 Å². The first-order chi connectivity index (χ1) is 9.93. The highest BCUT2D eigenvalue weighted by atomic mass is 32.2. The summed E-state index contributed by atoms with van der Waals surface area (Å²) in [6.45, 7) is 3.81. The van der Waals surface area contributed by atoms with Gasteiger partial charge in [-0.15, -0.1) is 0 Å². The van der Waals surface area contributed by atoms with Crippen LogP contribution in [0, 0.1) is 0 Å². The summed E-state index contributed by atoms with van der Waals surface area (Å²) in [5.41, 5.74) is 7.00. The SMILES string of the molecule is CSCC[C@@H](N)C(=O)Nc1ccc(C(=O)NC(C)C)cc1. The molecule has 2 amide bonds. The Hall–Kier alpha value is -1.53. The lowest BCUT2D eigenvalue weighted by atomic mass is 10.1. The molecule has 1 atom stereocenters. The van der Waals surface area contributed by atoms with Gasteiger partial charge in [-0.2, -0.15) is 11.8 Å². The Kier molecular flexibility index (Phi) is 7.25. The van der Waals surface area contributed by atoms with Crippen LogP contribution in [0.15, 0.2) is 24.3 Å². The maximum absolute atomic E-state index is 11.9. The molecule has 6 heteroatoms. The summed E-state index contributed by atoms with van der Waals surface area (Å²) in [6, 6.07) is 6.34. The molecule has 0 aliphatic heterocycles. The van der Waals surface area contributed by atoms with Gasteiger partial charge in [-0.25, -0.2) is 0 Å². The second kappa shape index (κ2) is 8.69. The molecule has 116 valence electrons. The third kappa shape index (κ3) is 6.18. The van der Waals surface area contributed by atoms with Gasteiger partial charge in [0, 0.05) is 17.3 Å². The van der Waals surface area contributed by atoms with Crippen LogP contribution in [0.4, 0.5) is 5.69 Å². The standard InChI is InChI=1S/C15H23N3O2S/c1-10(2)17-14(19)11-4-6-12(7-5-11)18-15(20)13(16)8-9-21-3/h4-7,10,13H,8-9,16H2,1-3H3,(H,17,19)(H,18,20)/t13-/m1/s1. The van der Waals surface area contributed by atoms with Gasteiger partial charge in [0.25, 0.3) is 5.91 Å². The summed E-state index contributed by atoms with van der Waals surface area (Å²) < 4.78 is 0. The van der Waals surface area contributed by atoms with Gasteiger partial charge in [-0.1, -0.05) is 0 Å². The van der Waals surface area contributed by atoms with Crippen molar-refractivity contribution in [1.29, 1.82) is 0 Å². The minimum atomic E-state index is -0.513. The van der Waals surface area contributed by atoms with Gasteiger partial charge in [0.05, 0.1) is 6.04 Å². The van der Waals surface area contributed by atoms with E-state index in [4.69, 9.17) is 5.73 Å². The van der Waals surface area contributed by atoms with E-state index < -0.39 is 6.04 Å². The first-order valence-electron chi connectivity index (χ1n) is 6.90. The van der Waals surface area contributed by atoms with E-state index >= 15 is 0 Å². The highest BCUT2D eigenvalue weighted by Gasteiger charge is 2.13. The molecule has 0 aliphatic rings. The van der Waals surface area contributed by atoms with Gasteiger partial charge >= 0.3 is 0 Å². The molecule has 0 heterocycles. The molecule has 0 aliphatic carbocycles. The molecule has 21 heavy (non-hydrogen) atoms. The van der Waals surface area contributed by atoms with Crippen molar-refractivity contribution < 1.29 is 9.59 Å². The second-order valence-corrected chi connectivity index (χ2v) is 6.07. The van der Waals surface area contributed by atoms with Crippen molar-refractivity contribution >= 4 is 29.3 Å². The van der Waals surface area contributed by atoms with Crippen LogP contribution in [0.1, 0.15) is 30.6 Å². The Bertz CT molecular complexity index is 474. The lowest BCUT2D eigenvalue weighted by molar-refractivity contribution is -0.117. The number of benzene rings is 1. The molecular formula is C15H23N3O2S. The number of rotatable bonds is 7. The van der Waals surface area contributed by atoms with E-state index in [1.165, 1.54) is 0 Å². The third-order valence-electron chi connectivity index (χ3n) is 2.80. The van der Waals surface area contributed by atoms with Crippen molar-refractivity contribution in [3.05, 3.63) is 29.8 Å². The normalized spacial score (nSPS) is 12.0. The summed E-state index contributed by atoms with van der Waals surface area (Å²) in [4.78, 5) is 23.7. The van der Waals surface area contributed by atoms with Gasteiger partial charge in [0.2, 0.25) is 5.91 Å². The number of thioether (sulfide) groups is 1. The lowest BCUT2D eigenvalue weighted by Crippen LogP contribution is -2.36. The number of carbonyl (C=O) groups is 2. The molecule has 0 spiro atoms. The Morgan fingerprint density at radius 1 is 1.24 bits per heavy atom. The molecule has 0 radical (unpaired) electrons. The molecule has 0 aromatic heterocycles. The molecule has 1 aromatic carbocycles. The highest BCUT2D eigenvalue weighted by Crippen LogP contribution is 2.11. The van der Waals surface area contributed by atoms with E-state index in [2.05, 4.69) is 10.6 Å². The van der Waals surface area contributed by atoms with Crippen LogP contribution < -0.4 is 16.4 Å². The molecule has 4 N–H and O–H groups in total. The van der Waals surface area contributed by atoms with Gasteiger partial charge in [0.1, 0.15) is 0 Å². The van der Waals surface area contributed by atoms with Crippen LogP contribution in [0.5, 0.6) is 0 Å². The smallest absolute Gasteiger partial charge is 0.251 e. The summed E-state index contributed by atoms with van der Waals surface area (Å²) in [5.74, 6) is 0.520. The van der Waals surface area contributed by atoms with Crippen molar-refractivity contribution in [2.75, 3.05) is 17.3 Å². The van der Waals surface area contributed by atoms with E-state index in [0.29, 0.717) is 17.7 Å². The van der Waals surface area contributed by atoms with Crippen LogP contribution >= 0.6 is 11.8 Å². The van der Waals surface area contributed by atoms with E-state index in [1.54, 1.807) is 36.0 Å². The highest BCUT2D eigenvalue weighted by molar-refractivity contribution is 7.98. The molecule has 0 unspecified atom stereocenters. The van der Waals surface area contributed by atoms with E-state index in [-0.39, 0.29) is 17.9 Å². The fraction of sp³-hybridized carbons (Fsp3) is 0.467. The quantitative estimate of drug-likeness (QED) is 0.717. The predicted octanol–water partition coefficient (Wildman–Crippen LogP) is 1.84. The minimum absolute atomic E-state index is 0.0892. The summed E-state index contributed by atoms with van der Waals surface area (Å²) in [6.07, 6.45) is 2.62. The van der Waals surface area contributed by atoms with Crippen LogP contribution in [0.2, 0.25) is 0 Å². The van der Waals surface area contributed by atoms with E-state index in [9.17, 15) is 9.59 Å². The Morgan fingerprint density at radius 2 is 1.86 bits per heavy atom. The topological polar surface area (TPSA) is 84.2 Å². The van der Waals surface area contributed by atoms with Crippen molar-refractivity contribution in [3.8, 4) is 0 Å². The van der Waals surface area contributed by atoms with Gasteiger partial charge in [0.15, 0.2) is 0 Å². The molecule has 1 aromatic rings. The monoisotopic (exact) mass is 309 g/mol. The van der Waals surface area contributed by atoms with Gasteiger partial charge in [-0.3, -0.25) is 9.59 Å². The minimum Gasteiger partial charge on any atom is -0.350 e. The molecule has 0 saturated carbocycles. The molecule has 0 fully saturated rings. The number of carbonyl (C=O) groups excluding carboxylic acids is 2. The van der Waals surface area contributed by atoms with Gasteiger partial charge < -0.3 is 16.4 Å². The van der Waals surface area contributed by atoms with Crippen LogP contribution in [0.3, 0.4) is 0 Å². The van der Waals surface area contributed by atoms with Crippen LogP contribution in [-0.2, 0) is 4.79 Å². The lowest BCUT2D eigenvalue weighted by Gasteiger charge is -2.12. The van der Waals surface area contributed by atoms with Crippen molar-refractivity contribution in [3.63, 3.8) is 0 Å². The molecule has 0 saturated heterocycles. The summed E-state index contributed by atoms with van der Waals surface area (Å²) in [7, 11) is 0. The third-order valence-corrected chi connectivity index (χ3v) is 3.45. The Morgan fingerprint density at radius 3 is 2.38 bits per heavy atom. The Balaban J connectivity index is 2.58. The number of anilines is 1. The zero-order valence-corrected chi connectivity index (χ0v) is 13.5. The number of nitrogens with one attached hydrogen (secondary N) is 2. The van der Waals surface area contributed by atoms with Crippen molar-refractivity contribution in [2.45, 2.75) is 32.4 Å². The van der Waals surface area contributed by atoms with Crippen LogP contribution in [-0.4, -0.2) is 35.9 Å². The maximum atomic E-state index is 11.9. The molecular weight excluding hydrogens is 286 g/mol. The number of hydrogen-bond acceptors (Lipinski definition) is 4. The number of nitrogens with two attached hydrogens (primary N) is 1. The van der Waals surface area contributed by atoms with Crippen LogP contribution in [0.25, 0.3) is 0 Å². The number of amides is 2. The Labute approximate surface area is 130 Å². The van der Waals surface area contributed by atoms with Crippen molar-refractivity contribution in [1.82, 2.24) is 5.32 Å². The first-order valence-corrected chi connectivity index (χ1v) is 8.29. The zero-order chi connectivity index (χ0) is 15.8. The molecule has 5 nitrogen and oxygen atoms in total. The maximum Gasteiger partial charge on any atom is 0.251 e. The number of hydrogen-bond donors (Lipinski definition) is 3. The zero-order valence-electron chi connectivity index (χ0n) is 12.7. The largest absolute Gasteiger partial charge is 0.350 e. The first kappa shape index (κ1) is 17.5. The summed E-state index contributed by atoms with van der Waals surface area (Å²) in [5, 5.41) is 5.56. The van der Waals surface area contributed by atoms with E-state index in [1.807, 2.05) is 20.1 Å².